The predicted molar refractivity (Wildman–Crippen MR) is 125 cm³/mol. The molecule has 162 valence electrons. The van der Waals surface area contributed by atoms with E-state index in [2.05, 4.69) is 6.08 Å². The van der Waals surface area contributed by atoms with E-state index in [1.807, 2.05) is 86.7 Å². The maximum Gasteiger partial charge on any atom is 0.228 e. The molecule has 1 aliphatic heterocycles. The van der Waals surface area contributed by atoms with Gasteiger partial charge >= 0.3 is 0 Å². The highest BCUT2D eigenvalue weighted by atomic mass is 16.5. The van der Waals surface area contributed by atoms with Gasteiger partial charge in [0.1, 0.15) is 0 Å². The fourth-order valence-corrected chi connectivity index (χ4v) is 2.68. The van der Waals surface area contributed by atoms with Crippen LogP contribution in [0.2, 0.25) is 0 Å². The Morgan fingerprint density at radius 3 is 1.90 bits per heavy atom. The Kier molecular flexibility index (Phi) is 12.6. The van der Waals surface area contributed by atoms with Crippen molar-refractivity contribution in [3.05, 3.63) is 90.2 Å². The van der Waals surface area contributed by atoms with Crippen molar-refractivity contribution >= 4 is 11.6 Å². The summed E-state index contributed by atoms with van der Waals surface area (Å²) in [7, 11) is 1.71. The van der Waals surface area contributed by atoms with E-state index in [9.17, 15) is 4.79 Å². The van der Waals surface area contributed by atoms with E-state index in [1.165, 1.54) is 0 Å². The number of hydrogen-bond donors (Lipinski definition) is 1. The van der Waals surface area contributed by atoms with Crippen LogP contribution >= 0.6 is 0 Å². The normalized spacial score (nSPS) is 14.9. The first-order chi connectivity index (χ1) is 14.6. The molecule has 2 aliphatic rings. The summed E-state index contributed by atoms with van der Waals surface area (Å²) in [5, 5.41) is 9.02. The molecular formula is C26H35NO3. The Balaban J connectivity index is 0.000000219. The van der Waals surface area contributed by atoms with Crippen LogP contribution in [0.5, 0.6) is 0 Å². The fourth-order valence-electron chi connectivity index (χ4n) is 2.68. The lowest BCUT2D eigenvalue weighted by atomic mass is 10.1. The average molecular weight is 410 g/mol. The molecule has 1 amide bonds. The van der Waals surface area contributed by atoms with Crippen LogP contribution in [-0.4, -0.2) is 24.7 Å². The highest BCUT2D eigenvalue weighted by Gasteiger charge is 2.24. The van der Waals surface area contributed by atoms with E-state index >= 15 is 0 Å². The van der Waals surface area contributed by atoms with Crippen molar-refractivity contribution < 1.29 is 14.6 Å². The topological polar surface area (TPSA) is 49.8 Å². The first-order valence-electron chi connectivity index (χ1n) is 10.6. The maximum absolute atomic E-state index is 11.0. The standard InChI is InChI=1S/C9H9NO.C8H10O.C7H10O.C2H6/c11-9-6-7-10(9)8-4-2-1-3-5-8;1-7(9)8-5-3-2-4-6-8;1-8-7-5-3-2-4-6-7;1-2/h1-5H,6-7H2;2-7,9H,1H3;2-3,5H,4,6H2,1H3;1-2H3. The number of aliphatic hydroxyl groups is 1. The van der Waals surface area contributed by atoms with Crippen molar-refractivity contribution in [3.8, 4) is 0 Å². The SMILES string of the molecule is CC.CC(O)c1ccccc1.COC1=CC=CCC1.O=C1CCN1c1ccccc1. The first kappa shape index (κ1) is 25.2. The zero-order valence-electron chi connectivity index (χ0n) is 18.6. The number of allylic oxidation sites excluding steroid dienone is 4. The molecule has 30 heavy (non-hydrogen) atoms. The number of hydrogen-bond acceptors (Lipinski definition) is 3. The predicted octanol–water partition coefficient (Wildman–Crippen LogP) is 6.06. The second kappa shape index (κ2) is 15.1. The van der Waals surface area contributed by atoms with E-state index in [0.29, 0.717) is 6.42 Å². The molecule has 0 spiro atoms. The number of β-lactam (4-membered cyclic amide) rings is 1. The molecule has 0 bridgehead atoms. The van der Waals surface area contributed by atoms with Gasteiger partial charge in [-0.15, -0.1) is 0 Å². The van der Waals surface area contributed by atoms with Crippen LogP contribution in [0, 0.1) is 0 Å². The highest BCUT2D eigenvalue weighted by molar-refractivity contribution is 5.99. The van der Waals surface area contributed by atoms with Crippen LogP contribution in [-0.2, 0) is 9.53 Å². The van der Waals surface area contributed by atoms with Crippen LogP contribution in [0.15, 0.2) is 84.7 Å². The molecule has 0 saturated carbocycles. The minimum Gasteiger partial charge on any atom is -0.501 e. The molecule has 1 aliphatic carbocycles. The molecule has 1 fully saturated rings. The summed E-state index contributed by atoms with van der Waals surface area (Å²) in [5.41, 5.74) is 1.99. The van der Waals surface area contributed by atoms with E-state index in [4.69, 9.17) is 9.84 Å². The monoisotopic (exact) mass is 409 g/mol. The van der Waals surface area contributed by atoms with E-state index < -0.39 is 0 Å². The second-order valence-corrected chi connectivity index (χ2v) is 6.52. The summed E-state index contributed by atoms with van der Waals surface area (Å²) >= 11 is 0. The van der Waals surface area contributed by atoms with Gasteiger partial charge in [0.05, 0.1) is 19.0 Å². The van der Waals surface area contributed by atoms with Crippen molar-refractivity contribution in [2.24, 2.45) is 0 Å². The number of para-hydroxylation sites is 1. The molecular weight excluding hydrogens is 374 g/mol. The molecule has 1 N–H and O–H groups in total. The molecule has 4 heteroatoms. The Bertz CT molecular complexity index is 767. The van der Waals surface area contributed by atoms with Crippen LogP contribution < -0.4 is 4.90 Å². The van der Waals surface area contributed by atoms with Gasteiger partial charge in [-0.05, 0) is 37.1 Å². The minimum absolute atomic E-state index is 0.233. The van der Waals surface area contributed by atoms with Crippen LogP contribution in [0.1, 0.15) is 51.7 Å². The van der Waals surface area contributed by atoms with Gasteiger partial charge in [0.15, 0.2) is 0 Å². The van der Waals surface area contributed by atoms with Gasteiger partial charge < -0.3 is 14.7 Å². The molecule has 1 unspecified atom stereocenters. The number of carbonyl (C=O) groups is 1. The van der Waals surface area contributed by atoms with Gasteiger partial charge in [0.2, 0.25) is 5.91 Å². The van der Waals surface area contributed by atoms with Crippen LogP contribution in [0.4, 0.5) is 5.69 Å². The Morgan fingerprint density at radius 1 is 0.967 bits per heavy atom. The number of benzene rings is 2. The fraction of sp³-hybridized carbons (Fsp3) is 0.346. The van der Waals surface area contributed by atoms with Gasteiger partial charge in [-0.1, -0.05) is 74.5 Å². The zero-order chi connectivity index (χ0) is 22.2. The number of methoxy groups -OCH3 is 1. The zero-order valence-corrected chi connectivity index (χ0v) is 18.6. The number of carbonyl (C=O) groups excluding carboxylic acids is 1. The highest BCUT2D eigenvalue weighted by Crippen LogP contribution is 2.20. The summed E-state index contributed by atoms with van der Waals surface area (Å²) in [4.78, 5) is 12.7. The number of nitrogens with zero attached hydrogens (tertiary/aromatic N) is 1. The van der Waals surface area contributed by atoms with Crippen LogP contribution in [0.25, 0.3) is 0 Å². The molecule has 0 aromatic heterocycles. The molecule has 2 aromatic rings. The van der Waals surface area contributed by atoms with Gasteiger partial charge in [0.25, 0.3) is 0 Å². The van der Waals surface area contributed by atoms with Gasteiger partial charge in [0, 0.05) is 25.1 Å². The first-order valence-corrected chi connectivity index (χ1v) is 10.6. The molecule has 4 nitrogen and oxygen atoms in total. The van der Waals surface area contributed by atoms with Crippen molar-refractivity contribution in [2.75, 3.05) is 18.6 Å². The van der Waals surface area contributed by atoms with Crippen molar-refractivity contribution in [3.63, 3.8) is 0 Å². The van der Waals surface area contributed by atoms with E-state index in [0.717, 1.165) is 36.4 Å². The smallest absolute Gasteiger partial charge is 0.228 e. The largest absolute Gasteiger partial charge is 0.501 e. The Hall–Kier alpha value is -2.85. The van der Waals surface area contributed by atoms with Crippen molar-refractivity contribution in [2.45, 2.75) is 46.1 Å². The number of amides is 1. The number of anilines is 1. The lowest BCUT2D eigenvalue weighted by Gasteiger charge is -2.30. The molecule has 1 atom stereocenters. The lowest BCUT2D eigenvalue weighted by Crippen LogP contribution is -2.43. The van der Waals surface area contributed by atoms with Crippen molar-refractivity contribution in [1.82, 2.24) is 0 Å². The lowest BCUT2D eigenvalue weighted by molar-refractivity contribution is -0.122. The Labute approximate surface area is 181 Å². The minimum atomic E-state index is -0.341. The number of ether oxygens (including phenoxy) is 1. The maximum atomic E-state index is 11.0. The number of rotatable bonds is 3. The molecule has 1 heterocycles. The quantitative estimate of drug-likeness (QED) is 0.627. The third kappa shape index (κ3) is 9.10. The summed E-state index contributed by atoms with van der Waals surface area (Å²) < 4.78 is 5.00. The van der Waals surface area contributed by atoms with E-state index in [-0.39, 0.29) is 12.0 Å². The van der Waals surface area contributed by atoms with Gasteiger partial charge in [-0.25, -0.2) is 0 Å². The van der Waals surface area contributed by atoms with E-state index in [1.54, 1.807) is 18.9 Å². The summed E-state index contributed by atoms with van der Waals surface area (Å²) in [6.07, 6.45) is 8.72. The van der Waals surface area contributed by atoms with Gasteiger partial charge in [-0.3, -0.25) is 4.79 Å². The number of aliphatic hydroxyl groups excluding tert-OH is 1. The molecule has 0 radical (unpaired) electrons. The second-order valence-electron chi connectivity index (χ2n) is 6.52. The molecule has 1 saturated heterocycles. The third-order valence-corrected chi connectivity index (χ3v) is 4.44. The van der Waals surface area contributed by atoms with Gasteiger partial charge in [-0.2, -0.15) is 0 Å². The Morgan fingerprint density at radius 2 is 1.57 bits per heavy atom. The van der Waals surface area contributed by atoms with Crippen LogP contribution in [0.3, 0.4) is 0 Å². The molecule has 2 aromatic carbocycles. The third-order valence-electron chi connectivity index (χ3n) is 4.44. The van der Waals surface area contributed by atoms with Crippen molar-refractivity contribution in [1.29, 1.82) is 0 Å². The average Bonchev–Trinajstić information content (AvgIpc) is 2.82. The summed E-state index contributed by atoms with van der Waals surface area (Å²) in [6.45, 7) is 6.64. The summed E-state index contributed by atoms with van der Waals surface area (Å²) in [5.74, 6) is 1.32. The summed E-state index contributed by atoms with van der Waals surface area (Å²) in [6, 6.07) is 19.3. The molecule has 4 rings (SSSR count).